The van der Waals surface area contributed by atoms with E-state index in [4.69, 9.17) is 16.2 Å². The van der Waals surface area contributed by atoms with Gasteiger partial charge in [0.05, 0.1) is 11.4 Å². The summed E-state index contributed by atoms with van der Waals surface area (Å²) in [6.07, 6.45) is 0. The maximum atomic E-state index is 9.83. The van der Waals surface area contributed by atoms with Gasteiger partial charge in [0, 0.05) is 12.1 Å². The number of nitrogen functional groups attached to an aromatic ring is 2. The minimum Gasteiger partial charge on any atom is -0.506 e. The molecule has 2 aromatic rings. The third-order valence-corrected chi connectivity index (χ3v) is 7.30. The number of ether oxygens (including phenoxy) is 1. The monoisotopic (exact) mass is 288 g/mol. The number of phenolic OH excluding ortho intramolecular Hbond substituents is 2. The lowest BCUT2D eigenvalue weighted by Gasteiger charge is -2.33. The Morgan fingerprint density at radius 2 is 1.25 bits per heavy atom. The average Bonchev–Trinajstić information content (AvgIpc) is 2.35. The summed E-state index contributed by atoms with van der Waals surface area (Å²) in [4.78, 5) is 0. The number of anilines is 2. The third-order valence-electron chi connectivity index (χ3n) is 3.82. The van der Waals surface area contributed by atoms with Gasteiger partial charge >= 0.3 is 0 Å². The number of hydrogen-bond acceptors (Lipinski definition) is 5. The van der Waals surface area contributed by atoms with Gasteiger partial charge in [0.2, 0.25) is 0 Å². The Labute approximate surface area is 117 Å². The number of aromatic hydroxyl groups is 2. The molecule has 1 heterocycles. The quantitative estimate of drug-likeness (QED) is 0.331. The van der Waals surface area contributed by atoms with Gasteiger partial charge in [-0.2, -0.15) is 0 Å². The van der Waals surface area contributed by atoms with Crippen LogP contribution in [0.5, 0.6) is 23.0 Å². The summed E-state index contributed by atoms with van der Waals surface area (Å²) in [7, 11) is -2.10. The molecule has 6 N–H and O–H groups in total. The van der Waals surface area contributed by atoms with Gasteiger partial charge in [0.15, 0.2) is 0 Å². The second-order valence-electron chi connectivity index (χ2n) is 5.54. The molecule has 104 valence electrons. The van der Waals surface area contributed by atoms with E-state index in [2.05, 4.69) is 13.1 Å². The molecule has 0 saturated carbocycles. The first-order chi connectivity index (χ1) is 9.30. The standard InChI is InChI=1S/C14H16N2O3Si/c1-20(2)13-5-9(17)7(15)3-11(13)19-12-4-8(16)10(18)6-14(12)20/h3-6,17-18H,15-16H2,1-2H3. The van der Waals surface area contributed by atoms with E-state index in [9.17, 15) is 10.2 Å². The number of rotatable bonds is 0. The van der Waals surface area contributed by atoms with Crippen LogP contribution >= 0.6 is 0 Å². The highest BCUT2D eigenvalue weighted by Gasteiger charge is 2.37. The fourth-order valence-electron chi connectivity index (χ4n) is 2.58. The minimum atomic E-state index is -2.10. The summed E-state index contributed by atoms with van der Waals surface area (Å²) in [5.41, 5.74) is 12.0. The predicted octanol–water partition coefficient (Wildman–Crippen LogP) is 1.19. The van der Waals surface area contributed by atoms with E-state index >= 15 is 0 Å². The molecule has 0 radical (unpaired) electrons. The summed E-state index contributed by atoms with van der Waals surface area (Å²) < 4.78 is 5.84. The molecule has 0 unspecified atom stereocenters. The van der Waals surface area contributed by atoms with Crippen LogP contribution in [0.25, 0.3) is 0 Å². The molecule has 0 aliphatic carbocycles. The van der Waals surface area contributed by atoms with Gasteiger partial charge in [-0.3, -0.25) is 0 Å². The molecule has 2 aromatic carbocycles. The van der Waals surface area contributed by atoms with E-state index < -0.39 is 8.07 Å². The lowest BCUT2D eigenvalue weighted by atomic mass is 10.2. The minimum absolute atomic E-state index is 0.0519. The van der Waals surface area contributed by atoms with Crippen LogP contribution in [0.4, 0.5) is 11.4 Å². The Morgan fingerprint density at radius 3 is 1.65 bits per heavy atom. The van der Waals surface area contributed by atoms with Crippen molar-refractivity contribution in [3.05, 3.63) is 24.3 Å². The summed E-state index contributed by atoms with van der Waals surface area (Å²) in [6.45, 7) is 4.25. The number of hydrogen-bond donors (Lipinski definition) is 4. The van der Waals surface area contributed by atoms with Crippen LogP contribution in [0.3, 0.4) is 0 Å². The van der Waals surface area contributed by atoms with E-state index in [0.29, 0.717) is 11.5 Å². The summed E-state index contributed by atoms with van der Waals surface area (Å²) in [5, 5.41) is 21.5. The van der Waals surface area contributed by atoms with Crippen LogP contribution in [0.2, 0.25) is 13.1 Å². The molecule has 0 aromatic heterocycles. The highest BCUT2D eigenvalue weighted by Crippen LogP contribution is 2.36. The Morgan fingerprint density at radius 1 is 0.850 bits per heavy atom. The molecule has 1 aliphatic heterocycles. The zero-order valence-corrected chi connectivity index (χ0v) is 12.3. The maximum Gasteiger partial charge on any atom is 0.138 e. The van der Waals surface area contributed by atoms with Gasteiger partial charge < -0.3 is 26.4 Å². The first-order valence-corrected chi connectivity index (χ1v) is 9.24. The van der Waals surface area contributed by atoms with Crippen molar-refractivity contribution in [3.8, 4) is 23.0 Å². The SMILES string of the molecule is C[Si]1(C)c2cc(O)c(N)cc2Oc2cc(N)c(O)cc21. The zero-order valence-electron chi connectivity index (χ0n) is 11.3. The first-order valence-electron chi connectivity index (χ1n) is 6.24. The van der Waals surface area contributed by atoms with Gasteiger partial charge in [-0.15, -0.1) is 0 Å². The van der Waals surface area contributed by atoms with Crippen molar-refractivity contribution >= 4 is 29.8 Å². The number of fused-ring (bicyclic) bond motifs is 2. The van der Waals surface area contributed by atoms with Crippen LogP contribution in [-0.2, 0) is 0 Å². The fraction of sp³-hybridized carbons (Fsp3) is 0.143. The van der Waals surface area contributed by atoms with Gasteiger partial charge in [-0.1, -0.05) is 13.1 Å². The van der Waals surface area contributed by atoms with Crippen LogP contribution in [0.1, 0.15) is 0 Å². The van der Waals surface area contributed by atoms with Crippen molar-refractivity contribution in [3.63, 3.8) is 0 Å². The van der Waals surface area contributed by atoms with Gasteiger partial charge in [-0.05, 0) is 22.5 Å². The second-order valence-corrected chi connectivity index (χ2v) is 9.87. The van der Waals surface area contributed by atoms with Crippen molar-refractivity contribution < 1.29 is 14.9 Å². The average molecular weight is 288 g/mol. The Kier molecular flexibility index (Phi) is 2.43. The number of phenols is 2. The highest BCUT2D eigenvalue weighted by molar-refractivity contribution is 7.01. The Bertz CT molecular complexity index is 669. The molecular weight excluding hydrogens is 272 g/mol. The molecule has 6 heteroatoms. The molecular formula is C14H16N2O3Si. The smallest absolute Gasteiger partial charge is 0.138 e. The third kappa shape index (κ3) is 1.61. The molecule has 5 nitrogen and oxygen atoms in total. The van der Waals surface area contributed by atoms with Crippen molar-refractivity contribution in [2.24, 2.45) is 0 Å². The van der Waals surface area contributed by atoms with E-state index in [-0.39, 0.29) is 22.9 Å². The Balaban J connectivity index is 2.28. The number of nitrogens with two attached hydrogens (primary N) is 2. The molecule has 3 rings (SSSR count). The summed E-state index contributed by atoms with van der Waals surface area (Å²) in [5.74, 6) is 1.40. The maximum absolute atomic E-state index is 9.83. The summed E-state index contributed by atoms with van der Waals surface area (Å²) >= 11 is 0. The molecule has 0 bridgehead atoms. The van der Waals surface area contributed by atoms with E-state index in [1.807, 2.05) is 0 Å². The van der Waals surface area contributed by atoms with Gasteiger partial charge in [0.1, 0.15) is 31.1 Å². The lowest BCUT2D eigenvalue weighted by molar-refractivity contribution is 0.464. The molecule has 1 aliphatic rings. The van der Waals surface area contributed by atoms with E-state index in [1.165, 1.54) is 0 Å². The van der Waals surface area contributed by atoms with E-state index in [0.717, 1.165) is 10.4 Å². The molecule has 0 amide bonds. The van der Waals surface area contributed by atoms with Crippen LogP contribution in [0, 0.1) is 0 Å². The lowest BCUT2D eigenvalue weighted by Crippen LogP contribution is -2.56. The topological polar surface area (TPSA) is 102 Å². The van der Waals surface area contributed by atoms with Crippen LogP contribution in [0.15, 0.2) is 24.3 Å². The van der Waals surface area contributed by atoms with Gasteiger partial charge in [-0.25, -0.2) is 0 Å². The zero-order chi connectivity index (χ0) is 14.7. The van der Waals surface area contributed by atoms with Crippen molar-refractivity contribution in [2.45, 2.75) is 13.1 Å². The van der Waals surface area contributed by atoms with Gasteiger partial charge in [0.25, 0.3) is 0 Å². The van der Waals surface area contributed by atoms with Crippen molar-refractivity contribution in [1.29, 1.82) is 0 Å². The van der Waals surface area contributed by atoms with Crippen molar-refractivity contribution in [1.82, 2.24) is 0 Å². The van der Waals surface area contributed by atoms with Crippen molar-refractivity contribution in [2.75, 3.05) is 11.5 Å². The van der Waals surface area contributed by atoms with Crippen LogP contribution in [-0.4, -0.2) is 18.3 Å². The molecule has 0 atom stereocenters. The predicted molar refractivity (Wildman–Crippen MR) is 81.9 cm³/mol. The molecule has 0 fully saturated rings. The largest absolute Gasteiger partial charge is 0.506 e. The fourth-order valence-corrected chi connectivity index (χ4v) is 5.34. The van der Waals surface area contributed by atoms with E-state index in [1.54, 1.807) is 24.3 Å². The molecule has 20 heavy (non-hydrogen) atoms. The number of benzene rings is 2. The molecule has 0 saturated heterocycles. The second kappa shape index (κ2) is 3.83. The summed E-state index contributed by atoms with van der Waals surface area (Å²) in [6, 6.07) is 6.58. The Hall–Kier alpha value is -2.34. The van der Waals surface area contributed by atoms with Crippen LogP contribution < -0.4 is 26.6 Å². The highest BCUT2D eigenvalue weighted by atomic mass is 28.3. The first kappa shape index (κ1) is 12.7. The normalized spacial score (nSPS) is 15.1. The molecule has 0 spiro atoms.